The fourth-order valence-electron chi connectivity index (χ4n) is 3.05. The lowest BCUT2D eigenvalue weighted by Gasteiger charge is -2.39. The lowest BCUT2D eigenvalue weighted by atomic mass is 10.1. The molecule has 0 aliphatic carbocycles. The van der Waals surface area contributed by atoms with E-state index in [2.05, 4.69) is 34.1 Å². The van der Waals surface area contributed by atoms with Crippen molar-refractivity contribution < 1.29 is 14.3 Å². The van der Waals surface area contributed by atoms with Crippen LogP contribution in [0.2, 0.25) is 0 Å². The number of piperazine rings is 1. The largest absolute Gasteiger partial charge is 0.449 e. The highest BCUT2D eigenvalue weighted by Crippen LogP contribution is 2.19. The maximum Gasteiger partial charge on any atom is 0.404 e. The summed E-state index contributed by atoms with van der Waals surface area (Å²) in [7, 11) is 0. The van der Waals surface area contributed by atoms with Gasteiger partial charge in [0.15, 0.2) is 0 Å². The monoisotopic (exact) mass is 319 g/mol. The molecular weight excluding hydrogens is 294 g/mol. The summed E-state index contributed by atoms with van der Waals surface area (Å²) in [6.45, 7) is 6.63. The standard InChI is InChI=1S/C17H25N3O3/c18-17(21)23-11-5-14-1-3-15(4-2-14)20-9-7-19(8-10-20)13-16-6-12-22-16/h1-4,16H,5-13H2,(H2,18,21). The van der Waals surface area contributed by atoms with Gasteiger partial charge in [-0.15, -0.1) is 0 Å². The molecule has 2 heterocycles. The molecule has 2 fully saturated rings. The minimum Gasteiger partial charge on any atom is -0.449 e. The topological polar surface area (TPSA) is 68.0 Å². The molecule has 1 aromatic carbocycles. The van der Waals surface area contributed by atoms with Crippen molar-refractivity contribution in [2.75, 3.05) is 50.8 Å². The van der Waals surface area contributed by atoms with Crippen LogP contribution in [0.25, 0.3) is 0 Å². The summed E-state index contributed by atoms with van der Waals surface area (Å²) in [6.07, 6.45) is 1.65. The first kappa shape index (κ1) is 16.1. The second-order valence-electron chi connectivity index (χ2n) is 6.15. The van der Waals surface area contributed by atoms with Crippen LogP contribution in [0.5, 0.6) is 0 Å². The number of carbonyl (C=O) groups excluding carboxylic acids is 1. The fraction of sp³-hybridized carbons (Fsp3) is 0.588. The number of amides is 1. The molecule has 1 amide bonds. The molecule has 0 radical (unpaired) electrons. The zero-order valence-electron chi connectivity index (χ0n) is 13.4. The summed E-state index contributed by atoms with van der Waals surface area (Å²) in [6, 6.07) is 8.47. The van der Waals surface area contributed by atoms with E-state index < -0.39 is 6.09 Å². The first-order valence-electron chi connectivity index (χ1n) is 8.31. The maximum absolute atomic E-state index is 10.5. The Labute approximate surface area is 137 Å². The van der Waals surface area contributed by atoms with E-state index in [0.717, 1.165) is 44.9 Å². The second-order valence-corrected chi connectivity index (χ2v) is 6.15. The van der Waals surface area contributed by atoms with Crippen molar-refractivity contribution in [3.05, 3.63) is 29.8 Å². The lowest BCUT2D eigenvalue weighted by molar-refractivity contribution is -0.0671. The van der Waals surface area contributed by atoms with Gasteiger partial charge in [0.2, 0.25) is 0 Å². The molecule has 2 saturated heterocycles. The summed E-state index contributed by atoms with van der Waals surface area (Å²) < 4.78 is 10.3. The van der Waals surface area contributed by atoms with Crippen LogP contribution >= 0.6 is 0 Å². The van der Waals surface area contributed by atoms with E-state index in [1.54, 1.807) is 0 Å². The number of primary amides is 1. The van der Waals surface area contributed by atoms with E-state index >= 15 is 0 Å². The molecule has 1 atom stereocenters. The predicted octanol–water partition coefficient (Wildman–Crippen LogP) is 1.24. The third-order valence-electron chi connectivity index (χ3n) is 4.56. The summed E-state index contributed by atoms with van der Waals surface area (Å²) in [5.41, 5.74) is 7.36. The summed E-state index contributed by atoms with van der Waals surface area (Å²) in [5.74, 6) is 0. The Bertz CT molecular complexity index is 508. The number of anilines is 1. The Balaban J connectivity index is 1.43. The van der Waals surface area contributed by atoms with Crippen LogP contribution in [-0.4, -0.2) is 63.0 Å². The SMILES string of the molecule is NC(=O)OCCc1ccc(N2CCN(CC3CCO3)CC2)cc1. The average Bonchev–Trinajstić information content (AvgIpc) is 2.52. The zero-order valence-corrected chi connectivity index (χ0v) is 13.4. The first-order chi connectivity index (χ1) is 11.2. The van der Waals surface area contributed by atoms with Crippen LogP contribution in [0, 0.1) is 0 Å². The molecular formula is C17H25N3O3. The number of nitrogens with zero attached hydrogens (tertiary/aromatic N) is 2. The number of rotatable bonds is 6. The van der Waals surface area contributed by atoms with Crippen molar-refractivity contribution in [1.29, 1.82) is 0 Å². The van der Waals surface area contributed by atoms with E-state index in [1.165, 1.54) is 12.1 Å². The van der Waals surface area contributed by atoms with Crippen LogP contribution in [0.1, 0.15) is 12.0 Å². The van der Waals surface area contributed by atoms with Crippen LogP contribution < -0.4 is 10.6 Å². The molecule has 0 saturated carbocycles. The van der Waals surface area contributed by atoms with Gasteiger partial charge < -0.3 is 20.1 Å². The van der Waals surface area contributed by atoms with Crippen molar-refractivity contribution >= 4 is 11.8 Å². The van der Waals surface area contributed by atoms with Crippen molar-refractivity contribution in [2.24, 2.45) is 5.73 Å². The molecule has 2 aliphatic rings. The first-order valence-corrected chi connectivity index (χ1v) is 8.31. The van der Waals surface area contributed by atoms with Gasteiger partial charge in [-0.2, -0.15) is 0 Å². The molecule has 0 aromatic heterocycles. The molecule has 6 heteroatoms. The van der Waals surface area contributed by atoms with Crippen molar-refractivity contribution in [1.82, 2.24) is 4.90 Å². The Morgan fingerprint density at radius 1 is 1.22 bits per heavy atom. The molecule has 2 aliphatic heterocycles. The average molecular weight is 319 g/mol. The Hall–Kier alpha value is -1.79. The van der Waals surface area contributed by atoms with E-state index in [1.807, 2.05) is 0 Å². The van der Waals surface area contributed by atoms with Crippen molar-refractivity contribution in [2.45, 2.75) is 18.9 Å². The van der Waals surface area contributed by atoms with E-state index in [4.69, 9.17) is 15.2 Å². The van der Waals surface area contributed by atoms with Gasteiger partial charge in [0.05, 0.1) is 12.7 Å². The zero-order chi connectivity index (χ0) is 16.1. The van der Waals surface area contributed by atoms with E-state index in [9.17, 15) is 4.79 Å². The normalized spacial score (nSPS) is 21.7. The minimum absolute atomic E-state index is 0.330. The molecule has 0 spiro atoms. The molecule has 1 aromatic rings. The second kappa shape index (κ2) is 7.66. The van der Waals surface area contributed by atoms with Gasteiger partial charge in [-0.3, -0.25) is 4.90 Å². The third kappa shape index (κ3) is 4.59. The molecule has 3 rings (SSSR count). The van der Waals surface area contributed by atoms with Gasteiger partial charge >= 0.3 is 6.09 Å². The smallest absolute Gasteiger partial charge is 0.404 e. The predicted molar refractivity (Wildman–Crippen MR) is 88.7 cm³/mol. The van der Waals surface area contributed by atoms with Crippen LogP contribution in [0.4, 0.5) is 10.5 Å². The highest BCUT2D eigenvalue weighted by Gasteiger charge is 2.24. The van der Waals surface area contributed by atoms with Crippen LogP contribution in [0.3, 0.4) is 0 Å². The molecule has 126 valence electrons. The number of nitrogens with two attached hydrogens (primary N) is 1. The highest BCUT2D eigenvalue weighted by atomic mass is 16.5. The Morgan fingerprint density at radius 3 is 2.48 bits per heavy atom. The van der Waals surface area contributed by atoms with Gasteiger partial charge in [0, 0.05) is 51.4 Å². The molecule has 0 bridgehead atoms. The lowest BCUT2D eigenvalue weighted by Crippen LogP contribution is -2.50. The van der Waals surface area contributed by atoms with Crippen molar-refractivity contribution in [3.63, 3.8) is 0 Å². The quantitative estimate of drug-likeness (QED) is 0.854. The van der Waals surface area contributed by atoms with Gasteiger partial charge in [-0.25, -0.2) is 4.79 Å². The van der Waals surface area contributed by atoms with Gasteiger partial charge in [-0.05, 0) is 24.1 Å². The Morgan fingerprint density at radius 2 is 1.91 bits per heavy atom. The number of carbonyl (C=O) groups is 1. The summed E-state index contributed by atoms with van der Waals surface area (Å²) >= 11 is 0. The number of hydrogen-bond acceptors (Lipinski definition) is 5. The van der Waals surface area contributed by atoms with Crippen LogP contribution in [0.15, 0.2) is 24.3 Å². The number of hydrogen-bond donors (Lipinski definition) is 1. The van der Waals surface area contributed by atoms with Gasteiger partial charge in [0.1, 0.15) is 0 Å². The van der Waals surface area contributed by atoms with Crippen LogP contribution in [-0.2, 0) is 15.9 Å². The van der Waals surface area contributed by atoms with Gasteiger partial charge in [-0.1, -0.05) is 12.1 Å². The molecule has 1 unspecified atom stereocenters. The van der Waals surface area contributed by atoms with E-state index in [0.29, 0.717) is 19.1 Å². The maximum atomic E-state index is 10.5. The van der Waals surface area contributed by atoms with Crippen molar-refractivity contribution in [3.8, 4) is 0 Å². The third-order valence-corrected chi connectivity index (χ3v) is 4.56. The fourth-order valence-corrected chi connectivity index (χ4v) is 3.05. The summed E-state index contributed by atoms with van der Waals surface area (Å²) in [5, 5.41) is 0. The summed E-state index contributed by atoms with van der Waals surface area (Å²) in [4.78, 5) is 15.5. The van der Waals surface area contributed by atoms with Gasteiger partial charge in [0.25, 0.3) is 0 Å². The molecule has 6 nitrogen and oxygen atoms in total. The van der Waals surface area contributed by atoms with E-state index in [-0.39, 0.29) is 0 Å². The number of ether oxygens (including phenoxy) is 2. The molecule has 23 heavy (non-hydrogen) atoms. The highest BCUT2D eigenvalue weighted by molar-refractivity contribution is 5.64. The minimum atomic E-state index is -0.716. The molecule has 2 N–H and O–H groups in total. The Kier molecular flexibility index (Phi) is 5.35. The number of benzene rings is 1.